The van der Waals surface area contributed by atoms with Crippen molar-refractivity contribution in [2.45, 2.75) is 0 Å². The molecule has 0 spiro atoms. The van der Waals surface area contributed by atoms with E-state index in [1.807, 2.05) is 0 Å². The maximum atomic E-state index is 8.36. The summed E-state index contributed by atoms with van der Waals surface area (Å²) in [6.45, 7) is 0. The molecule has 0 aliphatic heterocycles. The monoisotopic (exact) mass is 88.0 g/mol. The van der Waals surface area contributed by atoms with Crippen LogP contribution in [-0.2, 0) is 0 Å². The fourth-order valence-electron chi connectivity index (χ4n) is 0. The molecular formula is H3LiNO4+. The fourth-order valence-corrected chi connectivity index (χ4v) is 0. The van der Waals surface area contributed by atoms with Crippen LogP contribution in [0.2, 0.25) is 0 Å². The van der Waals surface area contributed by atoms with Crippen LogP contribution in [0.25, 0.3) is 0 Å². The van der Waals surface area contributed by atoms with Crippen LogP contribution in [0, 0.1) is 10.1 Å². The third kappa shape index (κ3) is 485. The van der Waals surface area contributed by atoms with Gasteiger partial charge in [0, 0.05) is 0 Å². The van der Waals surface area contributed by atoms with Gasteiger partial charge in [-0.2, -0.15) is 0 Å². The fraction of sp³-hybridized carbons (Fsp3) is 0. The number of hydrogen-bond donors (Lipinski definition) is 1. The zero-order chi connectivity index (χ0) is 3.58. The first-order valence-electron chi connectivity index (χ1n) is 0.565. The molecule has 0 aromatic rings. The van der Waals surface area contributed by atoms with Gasteiger partial charge in [0.25, 0.3) is 5.09 Å². The van der Waals surface area contributed by atoms with Gasteiger partial charge < -0.3 is 10.7 Å². The van der Waals surface area contributed by atoms with E-state index in [9.17, 15) is 0 Å². The Morgan fingerprint density at radius 2 is 1.67 bits per heavy atom. The Balaban J connectivity index is -0.0000000450. The second-order valence-electron chi connectivity index (χ2n) is 0.238. The van der Waals surface area contributed by atoms with Gasteiger partial charge in [0.2, 0.25) is 0 Å². The molecular weight excluding hydrogens is 84.9 g/mol. The van der Waals surface area contributed by atoms with Gasteiger partial charge in [0.1, 0.15) is 0 Å². The van der Waals surface area contributed by atoms with Gasteiger partial charge in [-0.25, -0.2) is 0 Å². The molecule has 32 valence electrons. The first kappa shape index (κ1) is 17.1. The SMILES string of the molecule is O.O=[N+]([O-])O.[Li+]. The molecule has 0 aliphatic rings. The Morgan fingerprint density at radius 3 is 1.67 bits per heavy atom. The standard InChI is InChI=1S/Li.HNO3.H2O/c;2-1(3)4;/h;(H,2,3,4);1H2/q+1;;. The third-order valence-electron chi connectivity index (χ3n) is 0. The van der Waals surface area contributed by atoms with E-state index < -0.39 is 5.09 Å². The molecule has 0 saturated heterocycles. The van der Waals surface area contributed by atoms with Crippen molar-refractivity contribution in [3.63, 3.8) is 0 Å². The molecule has 0 radical (unpaired) electrons. The maximum absolute atomic E-state index is 8.36. The van der Waals surface area contributed by atoms with Gasteiger partial charge in [-0.15, -0.1) is 10.1 Å². The predicted octanol–water partition coefficient (Wildman–Crippen LogP) is -4.17. The maximum Gasteiger partial charge on any atom is 1.00 e. The Hall–Kier alpha value is -0.243. The van der Waals surface area contributed by atoms with Gasteiger partial charge >= 0.3 is 18.9 Å². The molecule has 0 aromatic carbocycles. The molecule has 0 rings (SSSR count). The van der Waals surface area contributed by atoms with Crippen LogP contribution in [-0.4, -0.2) is 15.8 Å². The van der Waals surface area contributed by atoms with E-state index in [0.717, 1.165) is 0 Å². The molecule has 0 atom stereocenters. The summed E-state index contributed by atoms with van der Waals surface area (Å²) in [5.74, 6) is 0. The summed E-state index contributed by atoms with van der Waals surface area (Å²) in [6, 6.07) is 0. The van der Waals surface area contributed by atoms with Crippen molar-refractivity contribution in [1.82, 2.24) is 0 Å². The van der Waals surface area contributed by atoms with Crippen molar-refractivity contribution in [2.24, 2.45) is 0 Å². The quantitative estimate of drug-likeness (QED) is 0.185. The zero-order valence-electron chi connectivity index (χ0n) is 3.21. The van der Waals surface area contributed by atoms with Gasteiger partial charge in [0.15, 0.2) is 0 Å². The van der Waals surface area contributed by atoms with Gasteiger partial charge in [0.05, 0.1) is 0 Å². The van der Waals surface area contributed by atoms with E-state index in [0.29, 0.717) is 0 Å². The number of rotatable bonds is 0. The minimum atomic E-state index is -1.50. The Morgan fingerprint density at radius 1 is 1.67 bits per heavy atom. The molecule has 0 amide bonds. The number of hydrogen-bond acceptors (Lipinski definition) is 2. The average Bonchev–Trinajstić information content (AvgIpc) is 0.811. The van der Waals surface area contributed by atoms with Crippen molar-refractivity contribution in [3.05, 3.63) is 10.1 Å². The van der Waals surface area contributed by atoms with E-state index >= 15 is 0 Å². The molecule has 6 heteroatoms. The van der Waals surface area contributed by atoms with E-state index in [1.54, 1.807) is 0 Å². The molecule has 0 bridgehead atoms. The van der Waals surface area contributed by atoms with Crippen molar-refractivity contribution >= 4 is 0 Å². The van der Waals surface area contributed by atoms with Crippen molar-refractivity contribution in [2.75, 3.05) is 0 Å². The van der Waals surface area contributed by atoms with Crippen LogP contribution in [0.4, 0.5) is 0 Å². The topological polar surface area (TPSA) is 94.9 Å². The Bertz CT molecular complexity index is 30.5. The Kier molecular flexibility index (Phi) is 25.2. The zero-order valence-corrected chi connectivity index (χ0v) is 3.21. The van der Waals surface area contributed by atoms with Crippen LogP contribution >= 0.6 is 0 Å². The molecule has 0 saturated carbocycles. The second kappa shape index (κ2) is 8.83. The summed E-state index contributed by atoms with van der Waals surface area (Å²) in [7, 11) is 0. The largest absolute Gasteiger partial charge is 1.00 e. The van der Waals surface area contributed by atoms with E-state index in [2.05, 4.69) is 0 Å². The van der Waals surface area contributed by atoms with Crippen LogP contribution in [0.15, 0.2) is 0 Å². The summed E-state index contributed by atoms with van der Waals surface area (Å²) >= 11 is 0. The molecule has 0 fully saturated rings. The van der Waals surface area contributed by atoms with Crippen molar-refractivity contribution in [1.29, 1.82) is 0 Å². The molecule has 6 heavy (non-hydrogen) atoms. The molecule has 0 heterocycles. The molecule has 0 aliphatic carbocycles. The summed E-state index contributed by atoms with van der Waals surface area (Å²) in [6.07, 6.45) is 0. The predicted molar refractivity (Wildman–Crippen MR) is 12.4 cm³/mol. The summed E-state index contributed by atoms with van der Waals surface area (Å²) in [5, 5.41) is 13.6. The Labute approximate surface area is 45.6 Å². The van der Waals surface area contributed by atoms with Gasteiger partial charge in [-0.3, -0.25) is 0 Å². The van der Waals surface area contributed by atoms with Crippen LogP contribution < -0.4 is 18.9 Å². The van der Waals surface area contributed by atoms with Gasteiger partial charge in [-0.1, -0.05) is 0 Å². The van der Waals surface area contributed by atoms with E-state index in [1.165, 1.54) is 0 Å². The first-order chi connectivity index (χ1) is 1.73. The first-order valence-corrected chi connectivity index (χ1v) is 0.565. The minimum absolute atomic E-state index is 0. The van der Waals surface area contributed by atoms with Crippen LogP contribution in [0.3, 0.4) is 0 Å². The summed E-state index contributed by atoms with van der Waals surface area (Å²) in [5.41, 5.74) is 0. The summed E-state index contributed by atoms with van der Waals surface area (Å²) < 4.78 is 0. The third-order valence-corrected chi connectivity index (χ3v) is 0. The van der Waals surface area contributed by atoms with Crippen LogP contribution in [0.1, 0.15) is 0 Å². The van der Waals surface area contributed by atoms with Crippen molar-refractivity contribution < 1.29 is 34.6 Å². The molecule has 0 unspecified atom stereocenters. The van der Waals surface area contributed by atoms with Gasteiger partial charge in [-0.05, 0) is 0 Å². The van der Waals surface area contributed by atoms with Crippen LogP contribution in [0.5, 0.6) is 0 Å². The smallest absolute Gasteiger partial charge is 0.412 e. The van der Waals surface area contributed by atoms with Crippen molar-refractivity contribution in [3.8, 4) is 0 Å². The normalized spacial score (nSPS) is 4.00. The molecule has 0 aromatic heterocycles. The van der Waals surface area contributed by atoms with E-state index in [4.69, 9.17) is 15.3 Å². The summed E-state index contributed by atoms with van der Waals surface area (Å²) in [4.78, 5) is 8.36. The minimum Gasteiger partial charge on any atom is -0.412 e. The molecule has 5 nitrogen and oxygen atoms in total. The average molecular weight is 88.0 g/mol. The van der Waals surface area contributed by atoms with E-state index in [-0.39, 0.29) is 24.3 Å². The number of nitrogens with zero attached hydrogens (tertiary/aromatic N) is 1. The molecule has 3 N–H and O–H groups in total. The second-order valence-corrected chi connectivity index (χ2v) is 0.238.